The number of carbonyl (C=O) groups is 2. The number of esters is 1. The number of benzene rings is 1. The molecule has 2 aromatic rings. The Morgan fingerprint density at radius 3 is 2.32 bits per heavy atom. The molecule has 25 heavy (non-hydrogen) atoms. The summed E-state index contributed by atoms with van der Waals surface area (Å²) in [5.41, 5.74) is 8.02. The quantitative estimate of drug-likeness (QED) is 0.603. The maximum atomic E-state index is 12.1. The molecule has 1 heterocycles. The van der Waals surface area contributed by atoms with E-state index in [1.165, 1.54) is 0 Å². The molecule has 4 N–H and O–H groups in total. The Labute approximate surface area is 159 Å². The number of aryl methyl sites for hydroxylation is 2. The molecule has 1 amide bonds. The number of anilines is 2. The van der Waals surface area contributed by atoms with Crippen LogP contribution in [-0.4, -0.2) is 18.5 Å². The van der Waals surface area contributed by atoms with Crippen LogP contribution in [0.3, 0.4) is 0 Å². The molecule has 2 rings (SSSR count). The molecule has 1 aromatic heterocycles. The summed E-state index contributed by atoms with van der Waals surface area (Å²) < 4.78 is 4.93. The van der Waals surface area contributed by atoms with Crippen molar-refractivity contribution in [1.29, 1.82) is 0 Å². The Kier molecular flexibility index (Phi) is 6.11. The second-order valence-electron chi connectivity index (χ2n) is 5.36. The number of carbonyl (C=O) groups excluding carboxylic acids is 2. The molecule has 0 atom stereocenters. The highest BCUT2D eigenvalue weighted by Gasteiger charge is 2.27. The van der Waals surface area contributed by atoms with Crippen LogP contribution >= 0.6 is 34.8 Å². The van der Waals surface area contributed by atoms with Crippen LogP contribution in [0.2, 0.25) is 15.2 Å². The van der Waals surface area contributed by atoms with Crippen LogP contribution in [0.1, 0.15) is 21.6 Å². The summed E-state index contributed by atoms with van der Waals surface area (Å²) in [6, 6.07) is 5.58. The molecule has 0 saturated carbocycles. The number of hydrogen-bond donors (Lipinski definition) is 2. The van der Waals surface area contributed by atoms with Gasteiger partial charge in [0.15, 0.2) is 6.61 Å². The normalized spacial score (nSPS) is 10.4. The molecular formula is C16H15Cl3N3O3+. The number of pyridine rings is 1. The van der Waals surface area contributed by atoms with Crippen molar-refractivity contribution in [1.82, 2.24) is 0 Å². The Balaban J connectivity index is 2.04. The molecule has 0 spiro atoms. The number of halogens is 3. The van der Waals surface area contributed by atoms with E-state index in [2.05, 4.69) is 10.3 Å². The second kappa shape index (κ2) is 7.91. The van der Waals surface area contributed by atoms with Gasteiger partial charge in [0.2, 0.25) is 0 Å². The van der Waals surface area contributed by atoms with E-state index >= 15 is 0 Å². The van der Waals surface area contributed by atoms with E-state index in [1.54, 1.807) is 12.1 Å². The highest BCUT2D eigenvalue weighted by atomic mass is 35.5. The van der Waals surface area contributed by atoms with Crippen LogP contribution < -0.4 is 16.0 Å². The molecule has 0 aliphatic heterocycles. The van der Waals surface area contributed by atoms with Gasteiger partial charge in [-0.05, 0) is 48.7 Å². The van der Waals surface area contributed by atoms with Gasteiger partial charge in [0.25, 0.3) is 11.1 Å². The predicted octanol–water partition coefficient (Wildman–Crippen LogP) is 3.46. The summed E-state index contributed by atoms with van der Waals surface area (Å²) in [6.45, 7) is 3.32. The number of nitrogen functional groups attached to an aromatic ring is 1. The summed E-state index contributed by atoms with van der Waals surface area (Å²) in [4.78, 5) is 26.5. The van der Waals surface area contributed by atoms with Crippen molar-refractivity contribution in [3.8, 4) is 0 Å². The summed E-state index contributed by atoms with van der Waals surface area (Å²) >= 11 is 17.6. The Hall–Kier alpha value is -2.02. The van der Waals surface area contributed by atoms with Gasteiger partial charge >= 0.3 is 11.7 Å². The fraction of sp³-hybridized carbons (Fsp3) is 0.188. The minimum absolute atomic E-state index is 0.00391. The van der Waals surface area contributed by atoms with Crippen molar-refractivity contribution >= 4 is 58.1 Å². The molecule has 0 radical (unpaired) electrons. The van der Waals surface area contributed by atoms with Gasteiger partial charge in [-0.15, -0.1) is 0 Å². The van der Waals surface area contributed by atoms with Gasteiger partial charge in [0.1, 0.15) is 10.0 Å². The van der Waals surface area contributed by atoms with E-state index in [0.717, 1.165) is 11.1 Å². The smallest absolute Gasteiger partial charge is 0.405 e. The van der Waals surface area contributed by atoms with Crippen LogP contribution in [0.5, 0.6) is 0 Å². The number of aromatic amines is 1. The van der Waals surface area contributed by atoms with E-state index < -0.39 is 18.5 Å². The molecule has 0 unspecified atom stereocenters. The van der Waals surface area contributed by atoms with Crippen molar-refractivity contribution in [2.75, 3.05) is 17.7 Å². The fourth-order valence-electron chi connectivity index (χ4n) is 2.16. The van der Waals surface area contributed by atoms with E-state index in [1.807, 2.05) is 19.9 Å². The molecule has 0 bridgehead atoms. The van der Waals surface area contributed by atoms with Crippen molar-refractivity contribution in [2.24, 2.45) is 0 Å². The molecule has 6 nitrogen and oxygen atoms in total. The number of H-pyrrole nitrogens is 1. The highest BCUT2D eigenvalue weighted by molar-refractivity contribution is 6.45. The van der Waals surface area contributed by atoms with Crippen molar-refractivity contribution in [2.45, 2.75) is 13.8 Å². The SMILES string of the molecule is Cc1cc(C)cc(NC(=O)COC(=O)c2[nH+]c(Cl)c(Cl)c(N)c2Cl)c1. The third-order valence-electron chi connectivity index (χ3n) is 3.16. The summed E-state index contributed by atoms with van der Waals surface area (Å²) in [5.74, 6) is -1.38. The summed E-state index contributed by atoms with van der Waals surface area (Å²) in [5, 5.41) is 2.45. The molecule has 0 aliphatic carbocycles. The minimum Gasteiger partial charge on any atom is -0.448 e. The summed E-state index contributed by atoms with van der Waals surface area (Å²) in [6.07, 6.45) is 0. The topological polar surface area (TPSA) is 95.6 Å². The van der Waals surface area contributed by atoms with Crippen molar-refractivity contribution < 1.29 is 19.3 Å². The first-order chi connectivity index (χ1) is 11.7. The molecule has 1 aromatic carbocycles. The largest absolute Gasteiger partial charge is 0.448 e. The van der Waals surface area contributed by atoms with Crippen LogP contribution in [0, 0.1) is 13.8 Å². The Morgan fingerprint density at radius 2 is 1.72 bits per heavy atom. The zero-order valence-corrected chi connectivity index (χ0v) is 15.6. The maximum absolute atomic E-state index is 12.1. The van der Waals surface area contributed by atoms with Gasteiger partial charge in [0, 0.05) is 5.69 Å². The molecule has 132 valence electrons. The standard InChI is InChI=1S/C16H14Cl3N3O3/c1-7-3-8(2)5-9(4-7)21-10(23)6-25-16(24)14-11(17)13(20)12(18)15(19)22-14/h3-5H,6H2,1-2H3,(H2,20,22)(H,21,23)/p+1. The lowest BCUT2D eigenvalue weighted by molar-refractivity contribution is -0.380. The maximum Gasteiger partial charge on any atom is 0.405 e. The molecular weight excluding hydrogens is 389 g/mol. The first-order valence-corrected chi connectivity index (χ1v) is 8.23. The number of rotatable bonds is 4. The number of nitrogens with one attached hydrogen (secondary N) is 2. The lowest BCUT2D eigenvalue weighted by Gasteiger charge is -2.08. The fourth-order valence-corrected chi connectivity index (χ4v) is 2.76. The van der Waals surface area contributed by atoms with Crippen LogP contribution in [0.15, 0.2) is 18.2 Å². The third kappa shape index (κ3) is 4.75. The van der Waals surface area contributed by atoms with Gasteiger partial charge in [-0.3, -0.25) is 4.79 Å². The first kappa shape index (κ1) is 19.3. The monoisotopic (exact) mass is 402 g/mol. The lowest BCUT2D eigenvalue weighted by atomic mass is 10.1. The lowest BCUT2D eigenvalue weighted by Crippen LogP contribution is -2.26. The van der Waals surface area contributed by atoms with E-state index in [4.69, 9.17) is 45.3 Å². The summed E-state index contributed by atoms with van der Waals surface area (Å²) in [7, 11) is 0. The third-order valence-corrected chi connectivity index (χ3v) is 4.33. The first-order valence-electron chi connectivity index (χ1n) is 7.09. The number of ether oxygens (including phenoxy) is 1. The highest BCUT2D eigenvalue weighted by Crippen LogP contribution is 2.32. The van der Waals surface area contributed by atoms with E-state index in [-0.39, 0.29) is 26.6 Å². The van der Waals surface area contributed by atoms with E-state index in [9.17, 15) is 9.59 Å². The van der Waals surface area contributed by atoms with Crippen LogP contribution in [-0.2, 0) is 9.53 Å². The number of aromatic nitrogens is 1. The predicted molar refractivity (Wildman–Crippen MR) is 97.3 cm³/mol. The average molecular weight is 404 g/mol. The van der Waals surface area contributed by atoms with Gasteiger partial charge in [-0.2, -0.15) is 4.98 Å². The van der Waals surface area contributed by atoms with Gasteiger partial charge in [-0.1, -0.05) is 29.3 Å². The van der Waals surface area contributed by atoms with Crippen LogP contribution in [0.4, 0.5) is 11.4 Å². The Morgan fingerprint density at radius 1 is 1.12 bits per heavy atom. The van der Waals surface area contributed by atoms with Gasteiger partial charge in [-0.25, -0.2) is 4.79 Å². The van der Waals surface area contributed by atoms with Crippen LogP contribution in [0.25, 0.3) is 0 Å². The average Bonchev–Trinajstić information content (AvgIpc) is 2.53. The molecule has 0 fully saturated rings. The van der Waals surface area contributed by atoms with Gasteiger partial charge in [0.05, 0.1) is 5.69 Å². The molecule has 0 saturated heterocycles. The Bertz CT molecular complexity index is 836. The zero-order chi connectivity index (χ0) is 18.7. The van der Waals surface area contributed by atoms with Gasteiger partial charge < -0.3 is 15.8 Å². The second-order valence-corrected chi connectivity index (χ2v) is 6.49. The minimum atomic E-state index is -0.883. The van der Waals surface area contributed by atoms with E-state index in [0.29, 0.717) is 5.69 Å². The number of hydrogen-bond acceptors (Lipinski definition) is 4. The molecule has 9 heteroatoms. The number of nitrogens with two attached hydrogens (primary N) is 1. The van der Waals surface area contributed by atoms with Crippen molar-refractivity contribution in [3.63, 3.8) is 0 Å². The zero-order valence-electron chi connectivity index (χ0n) is 13.4. The van der Waals surface area contributed by atoms with Crippen molar-refractivity contribution in [3.05, 3.63) is 50.2 Å². The number of amides is 1. The molecule has 0 aliphatic rings.